The first kappa shape index (κ1) is 113. The van der Waals surface area contributed by atoms with Crippen molar-refractivity contribution < 1.29 is 71.1 Å². The Hall–Kier alpha value is -1.04. The Balaban J connectivity index is 0.000000646. The summed E-state index contributed by atoms with van der Waals surface area (Å²) in [5, 5.41) is 117. The predicted octanol–water partition coefficient (Wildman–Crippen LogP) is 3.99. The van der Waals surface area contributed by atoms with E-state index < -0.39 is 24.4 Å². The maximum absolute atomic E-state index is 9.23. The summed E-state index contributed by atoms with van der Waals surface area (Å²) in [6, 6.07) is 0. The summed E-state index contributed by atoms with van der Waals surface area (Å²) in [7, 11) is 0. The molecule has 116 heavy (non-hydrogen) atoms. The summed E-state index contributed by atoms with van der Waals surface area (Å²) in [6.07, 6.45) is 2.99. The van der Waals surface area contributed by atoms with E-state index in [2.05, 4.69) is 192 Å². The minimum Gasteiger partial charge on any atom is -0.396 e. The van der Waals surface area contributed by atoms with Gasteiger partial charge in [0.1, 0.15) is 0 Å². The summed E-state index contributed by atoms with van der Waals surface area (Å²) < 4.78 is 5.26. The third kappa shape index (κ3) is 52.7. The van der Waals surface area contributed by atoms with Gasteiger partial charge < -0.3 is 116 Å². The van der Waals surface area contributed by atoms with Crippen LogP contribution in [0.3, 0.4) is 0 Å². The number of hydrogen-bond donors (Lipinski definition) is 14. The molecule has 0 aromatic heterocycles. The van der Waals surface area contributed by atoms with Crippen molar-refractivity contribution in [2.75, 3.05) is 289 Å². The Morgan fingerprint density at radius 1 is 0.293 bits per heavy atom. The number of nitrogens with zero attached hydrogens (tertiary/aromatic N) is 11. The first-order chi connectivity index (χ1) is 54.7. The highest BCUT2D eigenvalue weighted by atomic mass is 16.5. The van der Waals surface area contributed by atoms with E-state index in [9.17, 15) is 35.7 Å². The zero-order chi connectivity index (χ0) is 87.7. The van der Waals surface area contributed by atoms with Crippen molar-refractivity contribution in [3.8, 4) is 0 Å². The van der Waals surface area contributed by atoms with Crippen LogP contribution in [-0.4, -0.2) is 439 Å². The molecule has 10 aliphatic rings. The number of β-amino-alcohol motifs (C(OH)–C–C–N with tert-alkyl or cyclic N) is 6. The molecule has 0 aromatic rings. The van der Waals surface area contributed by atoms with Crippen LogP contribution in [0.1, 0.15) is 171 Å². The van der Waals surface area contributed by atoms with Gasteiger partial charge in [-0.1, -0.05) is 138 Å². The molecule has 10 aliphatic heterocycles. The van der Waals surface area contributed by atoms with Gasteiger partial charge in [-0.05, 0) is 136 Å². The molecule has 26 nitrogen and oxygen atoms in total. The molecule has 10 saturated heterocycles. The molecule has 0 spiro atoms. The molecule has 0 radical (unpaired) electrons. The van der Waals surface area contributed by atoms with Crippen molar-refractivity contribution in [3.63, 3.8) is 0 Å². The maximum Gasteiger partial charge on any atom is 0.0938 e. The SMILES string of the molecule is CC(C)CN1CC(CN)C1.CC(C)CN1CC(CO)(CO)C1.CC(C)CN1CC(CO)C1.CC(C)CN1CC(COCCO)C1.CC(C)CN1CCC(CO)(CO)CC1.CC(C)CN1CCC(CO)CC1.CC(C)CN1CCN(CCO)CC1.CC(C)CN1CC[C@@H](O)C1.CC(C)CN1C[C@@H](O)[C@@H](O)C1.CC(C)CN1C[C@H](O)[C@@H](O)C1. The van der Waals surface area contributed by atoms with Crippen LogP contribution in [0.15, 0.2) is 0 Å². The number of ether oxygens (including phenoxy) is 1. The standard InChI is InChI=1S/C11H23NO2.C10H22N2O.C10H21NO2.C10H21NO.C9H19NO2.C8H18N2.2C8H17NO2.2C8H17NO/c1-10(2)7-12-5-3-11(8-13,9-14)4-6-12;1-10(2)9-12-5-3-11(4-6-12)7-8-13;1-9(2)5-11-6-10(7-11)8-13-4-3-12;1-9(2)7-11-5-3-10(8-12)4-6-11;1-8(2)3-10-4-9(5-10,6-11)7-12;1-7(2)4-10-5-8(3-9)6-10;2*1-6(2)3-9-4-7(10)8(11)5-9;1-7(2)3-9-4-8(5-9)6-10;1-7(2)5-9-4-3-8(10)6-9/h10,13-14H,3-9H2,1-2H3;10,13H,3-9H2,1-2H3;9-10,12H,3-8H2,1-2H3;9-10,12H,3-8H2,1-2H3;8,11-12H,3-7H2,1-2H3;7-8H,3-6,9H2,1-2H3;2*6-8,10-11H,3-5H2,1-2H3;2*7-8,10H,3-6H2,1-2H3/t;;;;;;7-,8+;7-,8-;;8-/m.......0.1/s1. The fourth-order valence-corrected chi connectivity index (χ4v) is 16.8. The van der Waals surface area contributed by atoms with Crippen LogP contribution in [-0.2, 0) is 4.74 Å². The highest BCUT2D eigenvalue weighted by molar-refractivity contribution is 4.95. The van der Waals surface area contributed by atoms with Gasteiger partial charge >= 0.3 is 0 Å². The number of piperazine rings is 1. The Labute approximate surface area is 710 Å². The maximum atomic E-state index is 9.23. The summed E-state index contributed by atoms with van der Waals surface area (Å²) in [5.74, 6) is 9.81. The van der Waals surface area contributed by atoms with Crippen LogP contribution in [0.25, 0.3) is 0 Å². The topological polar surface area (TPSA) is 334 Å². The summed E-state index contributed by atoms with van der Waals surface area (Å²) in [4.78, 5) is 25.9. The van der Waals surface area contributed by atoms with Gasteiger partial charge in [-0.3, -0.25) is 14.7 Å². The molecule has 26 heteroatoms. The Bertz CT molecular complexity index is 2150. The van der Waals surface area contributed by atoms with E-state index in [1.807, 2.05) is 0 Å². The number of hydrogen-bond acceptors (Lipinski definition) is 26. The molecule has 0 amide bonds. The molecule has 15 N–H and O–H groups in total. The third-order valence-corrected chi connectivity index (χ3v) is 22.7. The number of aliphatic hydroxyl groups excluding tert-OH is 13. The van der Waals surface area contributed by atoms with Crippen molar-refractivity contribution in [3.05, 3.63) is 0 Å². The average molecular weight is 1670 g/mol. The van der Waals surface area contributed by atoms with Crippen LogP contribution in [0.2, 0.25) is 0 Å². The monoisotopic (exact) mass is 1670 g/mol. The zero-order valence-electron chi connectivity index (χ0n) is 78.3. The summed E-state index contributed by atoms with van der Waals surface area (Å²) >= 11 is 0. The number of aliphatic hydroxyl groups is 13. The molecule has 0 aliphatic carbocycles. The molecule has 0 aromatic carbocycles. The van der Waals surface area contributed by atoms with Gasteiger partial charge in [-0.15, -0.1) is 0 Å². The molecular formula is C90H192N12O14. The Morgan fingerprint density at radius 2 is 0.586 bits per heavy atom. The molecule has 0 unspecified atom stereocenters. The Morgan fingerprint density at radius 3 is 0.897 bits per heavy atom. The van der Waals surface area contributed by atoms with Crippen LogP contribution >= 0.6 is 0 Å². The van der Waals surface area contributed by atoms with Crippen molar-refractivity contribution >= 4 is 0 Å². The van der Waals surface area contributed by atoms with E-state index in [1.165, 1.54) is 84.8 Å². The lowest BCUT2D eigenvalue weighted by atomic mass is 9.80. The minimum absolute atomic E-state index is 0.0567. The molecule has 10 heterocycles. The van der Waals surface area contributed by atoms with Gasteiger partial charge in [0.2, 0.25) is 0 Å². The van der Waals surface area contributed by atoms with Crippen molar-refractivity contribution in [2.24, 2.45) is 99.4 Å². The fraction of sp³-hybridized carbons (Fsp3) is 1.00. The van der Waals surface area contributed by atoms with Crippen molar-refractivity contribution in [1.29, 1.82) is 0 Å². The van der Waals surface area contributed by atoms with Crippen LogP contribution in [0, 0.1) is 93.7 Å². The quantitative estimate of drug-likeness (QED) is 0.0413. The van der Waals surface area contributed by atoms with E-state index in [-0.39, 0.29) is 50.0 Å². The highest BCUT2D eigenvalue weighted by Crippen LogP contribution is 2.32. The number of piperidine rings is 2. The third-order valence-electron chi connectivity index (χ3n) is 22.7. The smallest absolute Gasteiger partial charge is 0.0938 e. The highest BCUT2D eigenvalue weighted by Gasteiger charge is 2.42. The normalized spacial score (nSPS) is 24.5. The molecule has 696 valence electrons. The minimum atomic E-state index is -0.534. The Kier molecular flexibility index (Phi) is 62.1. The van der Waals surface area contributed by atoms with E-state index in [0.29, 0.717) is 94.0 Å². The second-order valence-electron chi connectivity index (χ2n) is 40.7. The first-order valence-electron chi connectivity index (χ1n) is 46.2. The predicted molar refractivity (Wildman–Crippen MR) is 478 cm³/mol. The second-order valence-corrected chi connectivity index (χ2v) is 40.7. The van der Waals surface area contributed by atoms with E-state index in [1.54, 1.807) is 0 Å². The van der Waals surface area contributed by atoms with E-state index in [4.69, 9.17) is 41.1 Å². The molecule has 5 atom stereocenters. The lowest BCUT2D eigenvalue weighted by Crippen LogP contribution is -2.60. The summed E-state index contributed by atoms with van der Waals surface area (Å²) in [5.41, 5.74) is 5.10. The van der Waals surface area contributed by atoms with Gasteiger partial charge in [-0.25, -0.2) is 0 Å². The average Bonchev–Trinajstić information content (AvgIpc) is 1.71. The molecule has 0 saturated carbocycles. The molecular weight excluding hydrogens is 1470 g/mol. The van der Waals surface area contributed by atoms with Crippen LogP contribution < -0.4 is 5.73 Å². The zero-order valence-corrected chi connectivity index (χ0v) is 78.3. The second kappa shape index (κ2) is 63.8. The van der Waals surface area contributed by atoms with Gasteiger partial charge in [0.25, 0.3) is 0 Å². The van der Waals surface area contributed by atoms with Gasteiger partial charge in [-0.2, -0.15) is 0 Å². The van der Waals surface area contributed by atoms with Gasteiger partial charge in [0.15, 0.2) is 0 Å². The summed E-state index contributed by atoms with van der Waals surface area (Å²) in [6.45, 7) is 82.4. The number of rotatable bonds is 33. The van der Waals surface area contributed by atoms with Crippen LogP contribution in [0.4, 0.5) is 0 Å². The number of nitrogens with two attached hydrogens (primary N) is 1. The largest absolute Gasteiger partial charge is 0.396 e. The molecule has 10 fully saturated rings. The van der Waals surface area contributed by atoms with Crippen molar-refractivity contribution in [1.82, 2.24) is 53.9 Å². The van der Waals surface area contributed by atoms with Crippen molar-refractivity contribution in [2.45, 2.75) is 201 Å². The van der Waals surface area contributed by atoms with E-state index >= 15 is 0 Å². The molecule has 10 rings (SSSR count). The van der Waals surface area contributed by atoms with Gasteiger partial charge in [0, 0.05) is 226 Å². The van der Waals surface area contributed by atoms with Gasteiger partial charge in [0.05, 0.1) is 83.4 Å². The van der Waals surface area contributed by atoms with E-state index in [0.717, 1.165) is 192 Å². The first-order valence-corrected chi connectivity index (χ1v) is 46.2. The number of likely N-dealkylation sites (tertiary alicyclic amines) is 9. The molecule has 0 bridgehead atoms. The lowest BCUT2D eigenvalue weighted by molar-refractivity contribution is -0.0784. The van der Waals surface area contributed by atoms with Crippen LogP contribution in [0.5, 0.6) is 0 Å². The fourth-order valence-electron chi connectivity index (χ4n) is 16.8. The lowest BCUT2D eigenvalue weighted by Gasteiger charge is -2.48.